The second-order valence-corrected chi connectivity index (χ2v) is 6.13. The summed E-state index contributed by atoms with van der Waals surface area (Å²) in [5, 5.41) is 13.2. The maximum atomic E-state index is 11.3. The smallest absolute Gasteiger partial charge is 0.303 e. The molecule has 26 heavy (non-hydrogen) atoms. The molecule has 2 aromatic rings. The number of carbonyl (C=O) groups is 2. The van der Waals surface area contributed by atoms with Gasteiger partial charge in [-0.3, -0.25) is 4.79 Å². The van der Waals surface area contributed by atoms with E-state index in [-0.39, 0.29) is 19.1 Å². The highest BCUT2D eigenvalue weighted by atomic mass is 16.7. The van der Waals surface area contributed by atoms with Crippen molar-refractivity contribution in [3.63, 3.8) is 0 Å². The van der Waals surface area contributed by atoms with Crippen LogP contribution in [0.25, 0.3) is 0 Å². The summed E-state index contributed by atoms with van der Waals surface area (Å²) in [6.45, 7) is 0.166. The van der Waals surface area contributed by atoms with Crippen molar-refractivity contribution in [2.45, 2.75) is 44.4 Å². The minimum absolute atomic E-state index is 0.0588. The summed E-state index contributed by atoms with van der Waals surface area (Å²) in [4.78, 5) is 25.9. The van der Waals surface area contributed by atoms with E-state index in [0.717, 1.165) is 24.7 Å². The quantitative estimate of drug-likeness (QED) is 0.508. The van der Waals surface area contributed by atoms with Crippen LogP contribution in [0.5, 0.6) is 11.5 Å². The lowest BCUT2D eigenvalue weighted by Gasteiger charge is -2.13. The third kappa shape index (κ3) is 4.59. The van der Waals surface area contributed by atoms with Gasteiger partial charge in [0.2, 0.25) is 12.7 Å². The molecule has 8 nitrogen and oxygen atoms in total. The molecule has 0 saturated heterocycles. The third-order valence-electron chi connectivity index (χ3n) is 4.19. The number of hydrogen-bond donors (Lipinski definition) is 1. The van der Waals surface area contributed by atoms with E-state index in [1.165, 1.54) is 0 Å². The Kier molecular flexibility index (Phi) is 5.83. The van der Waals surface area contributed by atoms with Gasteiger partial charge in [0.15, 0.2) is 17.3 Å². The van der Waals surface area contributed by atoms with Crippen LogP contribution in [0.2, 0.25) is 0 Å². The summed E-state index contributed by atoms with van der Waals surface area (Å²) in [6.07, 6.45) is 3.90. The lowest BCUT2D eigenvalue weighted by atomic mass is 9.92. The first-order valence-electron chi connectivity index (χ1n) is 8.52. The van der Waals surface area contributed by atoms with Crippen molar-refractivity contribution in [1.82, 2.24) is 10.1 Å². The monoisotopic (exact) mass is 360 g/mol. The van der Waals surface area contributed by atoms with Crippen molar-refractivity contribution in [1.29, 1.82) is 0 Å². The van der Waals surface area contributed by atoms with Gasteiger partial charge in [-0.05, 0) is 30.5 Å². The summed E-state index contributed by atoms with van der Waals surface area (Å²) in [5.41, 5.74) is 0.822. The molecule has 8 heteroatoms. The average molecular weight is 360 g/mol. The zero-order valence-electron chi connectivity index (χ0n) is 14.2. The summed E-state index contributed by atoms with van der Waals surface area (Å²) < 4.78 is 15.9. The zero-order valence-corrected chi connectivity index (χ0v) is 14.2. The van der Waals surface area contributed by atoms with Gasteiger partial charge in [0.1, 0.15) is 6.29 Å². The molecule has 1 N–H and O–H groups in total. The van der Waals surface area contributed by atoms with Crippen molar-refractivity contribution < 1.29 is 28.7 Å². The first-order valence-corrected chi connectivity index (χ1v) is 8.52. The summed E-state index contributed by atoms with van der Waals surface area (Å²) >= 11 is 0. The Balaban J connectivity index is 1.68. The number of fused-ring (bicyclic) bond motifs is 1. The highest BCUT2D eigenvalue weighted by Gasteiger charge is 2.23. The van der Waals surface area contributed by atoms with Crippen LogP contribution in [0, 0.1) is 0 Å². The minimum atomic E-state index is -0.902. The van der Waals surface area contributed by atoms with Gasteiger partial charge >= 0.3 is 5.97 Å². The van der Waals surface area contributed by atoms with Gasteiger partial charge in [0.05, 0.1) is 6.42 Å². The SMILES string of the molecule is O=CCCCCc1noc(C[C@H](CC(=O)O)c2ccc3c(c2)OCO3)n1. The van der Waals surface area contributed by atoms with Crippen molar-refractivity contribution in [2.24, 2.45) is 0 Å². The standard InChI is InChI=1S/C18H20N2O6/c21-7-3-1-2-4-16-19-17(26-20-16)9-13(10-18(22)23)12-5-6-14-15(8-12)25-11-24-14/h5-8,13H,1-4,9-11H2,(H,22,23)/t13-/m1/s1. The van der Waals surface area contributed by atoms with Crippen LogP contribution in [0.1, 0.15) is 48.9 Å². The summed E-state index contributed by atoms with van der Waals surface area (Å²) in [5.74, 6) is 1.02. The van der Waals surface area contributed by atoms with E-state index in [1.54, 1.807) is 12.1 Å². The van der Waals surface area contributed by atoms with Crippen molar-refractivity contribution in [2.75, 3.05) is 6.79 Å². The molecule has 0 unspecified atom stereocenters. The number of ether oxygens (including phenoxy) is 2. The van der Waals surface area contributed by atoms with Crippen LogP contribution < -0.4 is 9.47 Å². The Morgan fingerprint density at radius 2 is 2.12 bits per heavy atom. The molecule has 2 heterocycles. The predicted octanol–water partition coefficient (Wildman–Crippen LogP) is 2.51. The maximum absolute atomic E-state index is 11.3. The molecule has 3 rings (SSSR count). The Bertz CT molecular complexity index is 773. The average Bonchev–Trinajstić information content (AvgIpc) is 3.26. The molecule has 0 aliphatic carbocycles. The lowest BCUT2D eigenvalue weighted by Crippen LogP contribution is -2.09. The topological polar surface area (TPSA) is 112 Å². The van der Waals surface area contributed by atoms with E-state index in [9.17, 15) is 14.7 Å². The van der Waals surface area contributed by atoms with Crippen molar-refractivity contribution in [3.05, 3.63) is 35.5 Å². The Hall–Kier alpha value is -2.90. The molecule has 1 atom stereocenters. The van der Waals surface area contributed by atoms with E-state index in [2.05, 4.69) is 10.1 Å². The number of aldehydes is 1. The Labute approximate surface area is 150 Å². The molecule has 1 aliphatic heterocycles. The fourth-order valence-electron chi connectivity index (χ4n) is 2.88. The van der Waals surface area contributed by atoms with E-state index in [1.807, 2.05) is 6.07 Å². The number of aromatic nitrogens is 2. The second-order valence-electron chi connectivity index (χ2n) is 6.13. The van der Waals surface area contributed by atoms with Gasteiger partial charge < -0.3 is 23.9 Å². The molecule has 0 fully saturated rings. The largest absolute Gasteiger partial charge is 0.481 e. The molecule has 0 amide bonds. The number of benzene rings is 1. The Morgan fingerprint density at radius 1 is 1.27 bits per heavy atom. The highest BCUT2D eigenvalue weighted by molar-refractivity contribution is 5.68. The molecule has 0 spiro atoms. The van der Waals surface area contributed by atoms with Crippen molar-refractivity contribution >= 4 is 12.3 Å². The number of unbranched alkanes of at least 4 members (excludes halogenated alkanes) is 2. The zero-order chi connectivity index (χ0) is 18.4. The molecule has 0 radical (unpaired) electrons. The molecule has 1 aromatic carbocycles. The van der Waals surface area contributed by atoms with Crippen LogP contribution in [0.3, 0.4) is 0 Å². The summed E-state index contributed by atoms with van der Waals surface area (Å²) in [6, 6.07) is 5.41. The van der Waals surface area contributed by atoms with Gasteiger partial charge in [-0.1, -0.05) is 11.2 Å². The van der Waals surface area contributed by atoms with Crippen LogP contribution in [0.4, 0.5) is 0 Å². The highest BCUT2D eigenvalue weighted by Crippen LogP contribution is 2.36. The Morgan fingerprint density at radius 3 is 2.92 bits per heavy atom. The van der Waals surface area contributed by atoms with Gasteiger partial charge in [-0.15, -0.1) is 0 Å². The third-order valence-corrected chi connectivity index (χ3v) is 4.19. The van der Waals surface area contributed by atoms with Gasteiger partial charge in [-0.2, -0.15) is 4.98 Å². The van der Waals surface area contributed by atoms with E-state index >= 15 is 0 Å². The molecule has 138 valence electrons. The van der Waals surface area contributed by atoms with Gasteiger partial charge in [0.25, 0.3) is 0 Å². The molecule has 0 saturated carbocycles. The predicted molar refractivity (Wildman–Crippen MR) is 89.2 cm³/mol. The maximum Gasteiger partial charge on any atom is 0.303 e. The minimum Gasteiger partial charge on any atom is -0.481 e. The molecular weight excluding hydrogens is 340 g/mol. The number of carboxylic acid groups (broad SMARTS) is 1. The van der Waals surface area contributed by atoms with Crippen LogP contribution in [-0.4, -0.2) is 34.3 Å². The second kappa shape index (κ2) is 8.46. The number of aliphatic carboxylic acids is 1. The summed E-state index contributed by atoms with van der Waals surface area (Å²) in [7, 11) is 0. The van der Waals surface area contributed by atoms with E-state index in [0.29, 0.717) is 42.5 Å². The number of nitrogens with zero attached hydrogens (tertiary/aromatic N) is 2. The molecular formula is C18H20N2O6. The van der Waals surface area contributed by atoms with Gasteiger partial charge in [0, 0.05) is 25.2 Å². The molecule has 1 aliphatic rings. The molecule has 1 aromatic heterocycles. The first kappa shape index (κ1) is 17.9. The fourth-order valence-corrected chi connectivity index (χ4v) is 2.88. The number of carbonyl (C=O) groups excluding carboxylic acids is 1. The number of aryl methyl sites for hydroxylation is 1. The normalized spacial score (nSPS) is 13.5. The van der Waals surface area contributed by atoms with Crippen molar-refractivity contribution in [3.8, 4) is 11.5 Å². The van der Waals surface area contributed by atoms with E-state index < -0.39 is 5.97 Å². The lowest BCUT2D eigenvalue weighted by molar-refractivity contribution is -0.137. The first-order chi connectivity index (χ1) is 12.7. The number of carboxylic acids is 1. The van der Waals surface area contributed by atoms with Gasteiger partial charge in [-0.25, -0.2) is 0 Å². The van der Waals surface area contributed by atoms with Crippen LogP contribution in [-0.2, 0) is 22.4 Å². The number of hydrogen-bond acceptors (Lipinski definition) is 7. The fraction of sp³-hybridized carbons (Fsp3) is 0.444. The number of rotatable bonds is 10. The van der Waals surface area contributed by atoms with E-state index in [4.69, 9.17) is 14.0 Å². The molecule has 0 bridgehead atoms. The van der Waals surface area contributed by atoms with Crippen LogP contribution >= 0.6 is 0 Å². The van der Waals surface area contributed by atoms with Crippen LogP contribution in [0.15, 0.2) is 22.7 Å².